The minimum absolute atomic E-state index is 0.154. The lowest BCUT2D eigenvalue weighted by atomic mass is 10.1. The van der Waals surface area contributed by atoms with Gasteiger partial charge in [0.25, 0.3) is 0 Å². The minimum Gasteiger partial charge on any atom is -0.481 e. The molecule has 7 N–H and O–H groups in total. The van der Waals surface area contributed by atoms with E-state index in [1.165, 1.54) is 0 Å². The number of rotatable bonds is 11. The number of amides is 2. The van der Waals surface area contributed by atoms with Crippen molar-refractivity contribution in [1.29, 1.82) is 0 Å². The number of carbonyl (C=O) groups is 5. The summed E-state index contributed by atoms with van der Waals surface area (Å²) in [6.07, 6.45) is -1.34. The maximum Gasteiger partial charge on any atom is 0.326 e. The quantitative estimate of drug-likeness (QED) is 0.196. The Morgan fingerprint density at radius 1 is 0.917 bits per heavy atom. The molecule has 0 aliphatic carbocycles. The molecule has 11 nitrogen and oxygen atoms in total. The standard InChI is InChI=1S/C12H19N3O8S/c13-5(1-2-8(16)17)10(20)15-7(4-24)11(21)14-6(12(22)23)3-9(18)19/h5-7,24H,1-4,13H2,(H,14,21)(H,15,20)(H,16,17)(H,18,19)(H,22,23)/t5-,6-,7-/m0/s1. The number of nitrogens with one attached hydrogen (secondary N) is 2. The van der Waals surface area contributed by atoms with E-state index in [9.17, 15) is 24.0 Å². The second kappa shape index (κ2) is 10.4. The molecule has 0 aliphatic rings. The van der Waals surface area contributed by atoms with Crippen molar-refractivity contribution in [3.63, 3.8) is 0 Å². The van der Waals surface area contributed by atoms with Gasteiger partial charge >= 0.3 is 17.9 Å². The summed E-state index contributed by atoms with van der Waals surface area (Å²) in [5.41, 5.74) is 5.48. The normalized spacial score (nSPS) is 14.1. The van der Waals surface area contributed by atoms with Gasteiger partial charge in [-0.1, -0.05) is 0 Å². The predicted octanol–water partition coefficient (Wildman–Crippen LogP) is -2.36. The van der Waals surface area contributed by atoms with Crippen molar-refractivity contribution in [2.45, 2.75) is 37.4 Å². The summed E-state index contributed by atoms with van der Waals surface area (Å²) in [5, 5.41) is 30.2. The molecule has 3 atom stereocenters. The third-order valence-corrected chi connectivity index (χ3v) is 3.18. The summed E-state index contributed by atoms with van der Waals surface area (Å²) in [5.74, 6) is -6.08. The molecule has 0 radical (unpaired) electrons. The number of nitrogens with two attached hydrogens (primary N) is 1. The van der Waals surface area contributed by atoms with E-state index in [1.54, 1.807) is 0 Å². The van der Waals surface area contributed by atoms with Crippen LogP contribution in [-0.4, -0.2) is 68.9 Å². The number of hydrogen-bond donors (Lipinski definition) is 7. The lowest BCUT2D eigenvalue weighted by Crippen LogP contribution is -2.55. The van der Waals surface area contributed by atoms with Crippen molar-refractivity contribution in [2.24, 2.45) is 5.73 Å². The van der Waals surface area contributed by atoms with Crippen LogP contribution in [0.4, 0.5) is 0 Å². The van der Waals surface area contributed by atoms with Crippen LogP contribution in [0.3, 0.4) is 0 Å². The summed E-state index contributed by atoms with van der Waals surface area (Å²) in [4.78, 5) is 55.6. The van der Waals surface area contributed by atoms with Crippen LogP contribution in [0.15, 0.2) is 0 Å². The smallest absolute Gasteiger partial charge is 0.326 e. The molecule has 0 saturated heterocycles. The molecular formula is C12H19N3O8S. The molecule has 0 bridgehead atoms. The Bertz CT molecular complexity index is 513. The molecule has 0 saturated carbocycles. The molecule has 24 heavy (non-hydrogen) atoms. The van der Waals surface area contributed by atoms with Gasteiger partial charge in [0.2, 0.25) is 11.8 Å². The summed E-state index contributed by atoms with van der Waals surface area (Å²) in [6, 6.07) is -4.10. The van der Waals surface area contributed by atoms with Crippen LogP contribution in [0.1, 0.15) is 19.3 Å². The van der Waals surface area contributed by atoms with E-state index in [-0.39, 0.29) is 18.6 Å². The van der Waals surface area contributed by atoms with Gasteiger partial charge in [0.15, 0.2) is 0 Å². The summed E-state index contributed by atoms with van der Waals surface area (Å²) in [7, 11) is 0. The zero-order valence-electron chi connectivity index (χ0n) is 12.5. The number of carbonyl (C=O) groups excluding carboxylic acids is 2. The van der Waals surface area contributed by atoms with Gasteiger partial charge in [-0.3, -0.25) is 19.2 Å². The fraction of sp³-hybridized carbons (Fsp3) is 0.583. The van der Waals surface area contributed by atoms with Crippen LogP contribution in [0.5, 0.6) is 0 Å². The van der Waals surface area contributed by atoms with Gasteiger partial charge in [-0.25, -0.2) is 4.79 Å². The van der Waals surface area contributed by atoms with Crippen LogP contribution < -0.4 is 16.4 Å². The van der Waals surface area contributed by atoms with Crippen molar-refractivity contribution in [3.8, 4) is 0 Å². The van der Waals surface area contributed by atoms with Gasteiger partial charge in [0, 0.05) is 12.2 Å². The molecule has 0 aromatic heterocycles. The highest BCUT2D eigenvalue weighted by atomic mass is 32.1. The molecule has 0 spiro atoms. The van der Waals surface area contributed by atoms with Gasteiger partial charge < -0.3 is 31.7 Å². The summed E-state index contributed by atoms with van der Waals surface area (Å²) in [6.45, 7) is 0. The first-order chi connectivity index (χ1) is 11.1. The van der Waals surface area contributed by atoms with Crippen LogP contribution >= 0.6 is 12.6 Å². The first-order valence-electron chi connectivity index (χ1n) is 6.72. The maximum absolute atomic E-state index is 11.9. The third-order valence-electron chi connectivity index (χ3n) is 2.81. The van der Waals surface area contributed by atoms with E-state index in [0.717, 1.165) is 0 Å². The third kappa shape index (κ3) is 8.33. The van der Waals surface area contributed by atoms with E-state index < -0.39 is 54.3 Å². The molecule has 136 valence electrons. The Kier molecular flexibility index (Phi) is 9.42. The van der Waals surface area contributed by atoms with E-state index in [4.69, 9.17) is 21.1 Å². The number of thiol groups is 1. The van der Waals surface area contributed by atoms with Crippen molar-refractivity contribution in [1.82, 2.24) is 10.6 Å². The average molecular weight is 365 g/mol. The molecule has 0 aromatic rings. The number of aliphatic carboxylic acids is 3. The number of hydrogen-bond acceptors (Lipinski definition) is 7. The Morgan fingerprint density at radius 2 is 1.46 bits per heavy atom. The molecule has 0 fully saturated rings. The lowest BCUT2D eigenvalue weighted by molar-refractivity contribution is -0.147. The van der Waals surface area contributed by atoms with Gasteiger partial charge in [0.1, 0.15) is 12.1 Å². The van der Waals surface area contributed by atoms with E-state index in [2.05, 4.69) is 17.9 Å². The molecule has 0 unspecified atom stereocenters. The van der Waals surface area contributed by atoms with Gasteiger partial charge in [-0.2, -0.15) is 12.6 Å². The van der Waals surface area contributed by atoms with E-state index >= 15 is 0 Å². The molecule has 0 heterocycles. The fourth-order valence-electron chi connectivity index (χ4n) is 1.53. The number of carboxylic acids is 3. The Balaban J connectivity index is 4.73. The molecule has 0 rings (SSSR count). The highest BCUT2D eigenvalue weighted by molar-refractivity contribution is 7.80. The zero-order chi connectivity index (χ0) is 18.9. The number of carboxylic acid groups (broad SMARTS) is 3. The molecule has 0 aliphatic heterocycles. The lowest BCUT2D eigenvalue weighted by Gasteiger charge is -2.21. The van der Waals surface area contributed by atoms with Crippen molar-refractivity contribution >= 4 is 42.4 Å². The van der Waals surface area contributed by atoms with Crippen LogP contribution in [0, 0.1) is 0 Å². The maximum atomic E-state index is 11.9. The SMILES string of the molecule is N[C@@H](CCC(=O)O)C(=O)N[C@@H](CS)C(=O)N[C@@H](CC(=O)O)C(=O)O. The van der Waals surface area contributed by atoms with Crippen molar-refractivity contribution < 1.29 is 39.3 Å². The Hall–Kier alpha value is -2.34. The fourth-order valence-corrected chi connectivity index (χ4v) is 1.79. The summed E-state index contributed by atoms with van der Waals surface area (Å²) < 4.78 is 0. The largest absolute Gasteiger partial charge is 0.481 e. The minimum atomic E-state index is -1.67. The first kappa shape index (κ1) is 21.7. The highest BCUT2D eigenvalue weighted by Gasteiger charge is 2.28. The second-order valence-corrected chi connectivity index (χ2v) is 5.15. The van der Waals surface area contributed by atoms with Gasteiger partial charge in [-0.05, 0) is 6.42 Å². The molecule has 0 aromatic carbocycles. The molecule has 12 heteroatoms. The van der Waals surface area contributed by atoms with Crippen LogP contribution in [0.25, 0.3) is 0 Å². The molecular weight excluding hydrogens is 346 g/mol. The van der Waals surface area contributed by atoms with E-state index in [0.29, 0.717) is 0 Å². The van der Waals surface area contributed by atoms with Crippen LogP contribution in [-0.2, 0) is 24.0 Å². The van der Waals surface area contributed by atoms with Crippen molar-refractivity contribution in [3.05, 3.63) is 0 Å². The van der Waals surface area contributed by atoms with Gasteiger partial charge in [0.05, 0.1) is 12.5 Å². The zero-order valence-corrected chi connectivity index (χ0v) is 13.4. The van der Waals surface area contributed by atoms with Gasteiger partial charge in [-0.15, -0.1) is 0 Å². The second-order valence-electron chi connectivity index (χ2n) is 4.78. The van der Waals surface area contributed by atoms with Crippen molar-refractivity contribution in [2.75, 3.05) is 5.75 Å². The Morgan fingerprint density at radius 3 is 1.88 bits per heavy atom. The predicted molar refractivity (Wildman–Crippen MR) is 82.4 cm³/mol. The highest BCUT2D eigenvalue weighted by Crippen LogP contribution is 1.99. The van der Waals surface area contributed by atoms with Crippen LogP contribution in [0.2, 0.25) is 0 Å². The summed E-state index contributed by atoms with van der Waals surface area (Å²) >= 11 is 3.85. The molecule has 2 amide bonds. The average Bonchev–Trinajstić information content (AvgIpc) is 2.48. The monoisotopic (exact) mass is 365 g/mol. The topological polar surface area (TPSA) is 196 Å². The van der Waals surface area contributed by atoms with E-state index in [1.807, 2.05) is 5.32 Å². The Labute approximate surface area is 142 Å². The first-order valence-corrected chi connectivity index (χ1v) is 7.35.